The summed E-state index contributed by atoms with van der Waals surface area (Å²) in [7, 11) is 0. The lowest BCUT2D eigenvalue weighted by molar-refractivity contribution is 0.103. The number of ether oxygens (including phenoxy) is 1. The summed E-state index contributed by atoms with van der Waals surface area (Å²) in [6, 6.07) is 34.3. The quantitative estimate of drug-likeness (QED) is 0.147. The van der Waals surface area contributed by atoms with Crippen LogP contribution in [-0.4, -0.2) is 27.6 Å². The fourth-order valence-corrected chi connectivity index (χ4v) is 5.01. The van der Waals surface area contributed by atoms with Crippen LogP contribution in [0.5, 0.6) is 5.75 Å². The van der Waals surface area contributed by atoms with Crippen molar-refractivity contribution in [3.05, 3.63) is 149 Å². The minimum Gasteiger partial charge on any atom is -0.493 e. The van der Waals surface area contributed by atoms with Gasteiger partial charge in [-0.1, -0.05) is 72.8 Å². The number of benzene rings is 4. The van der Waals surface area contributed by atoms with E-state index in [1.807, 2.05) is 116 Å². The molecule has 0 saturated heterocycles. The third-order valence-electron chi connectivity index (χ3n) is 7.29. The fourth-order valence-electron chi connectivity index (χ4n) is 5.01. The molecule has 220 valence electrons. The van der Waals surface area contributed by atoms with Crippen LogP contribution in [0.2, 0.25) is 0 Å². The Morgan fingerprint density at radius 1 is 0.818 bits per heavy atom. The van der Waals surface area contributed by atoms with Gasteiger partial charge in [-0.25, -0.2) is 4.98 Å². The molecule has 0 saturated carbocycles. The average molecular weight is 585 g/mol. The molecule has 8 nitrogen and oxygen atoms in total. The Balaban J connectivity index is 1.17. The summed E-state index contributed by atoms with van der Waals surface area (Å²) in [4.78, 5) is 18.1. The SMILES string of the molecule is Cc1nnc(C[C@H](Nc2ccccc2C(=O)c2ccccc2)c2ccc(OCCc3nc(-c4ccccc4)oc3C)cc2)o1. The molecule has 1 atom stereocenters. The zero-order valence-corrected chi connectivity index (χ0v) is 24.6. The molecular weight excluding hydrogens is 552 g/mol. The molecule has 0 radical (unpaired) electrons. The van der Waals surface area contributed by atoms with Crippen LogP contribution in [0.3, 0.4) is 0 Å². The normalized spacial score (nSPS) is 11.7. The maximum absolute atomic E-state index is 13.4. The summed E-state index contributed by atoms with van der Waals surface area (Å²) in [6.45, 7) is 4.15. The lowest BCUT2D eigenvalue weighted by Gasteiger charge is -2.21. The molecule has 8 heteroatoms. The Morgan fingerprint density at radius 2 is 1.52 bits per heavy atom. The van der Waals surface area contributed by atoms with E-state index in [2.05, 4.69) is 20.5 Å². The molecule has 0 aliphatic rings. The van der Waals surface area contributed by atoms with E-state index in [0.717, 1.165) is 34.0 Å². The summed E-state index contributed by atoms with van der Waals surface area (Å²) < 4.78 is 17.7. The van der Waals surface area contributed by atoms with Crippen LogP contribution >= 0.6 is 0 Å². The van der Waals surface area contributed by atoms with Crippen molar-refractivity contribution in [3.63, 3.8) is 0 Å². The first-order valence-corrected chi connectivity index (χ1v) is 14.5. The van der Waals surface area contributed by atoms with Crippen LogP contribution in [0.25, 0.3) is 11.5 Å². The number of nitrogens with zero attached hydrogens (tertiary/aromatic N) is 3. The Morgan fingerprint density at radius 3 is 2.25 bits per heavy atom. The zero-order chi connectivity index (χ0) is 30.3. The first kappa shape index (κ1) is 28.6. The zero-order valence-electron chi connectivity index (χ0n) is 24.6. The van der Waals surface area contributed by atoms with Gasteiger partial charge in [-0.3, -0.25) is 4.79 Å². The largest absolute Gasteiger partial charge is 0.493 e. The highest BCUT2D eigenvalue weighted by molar-refractivity contribution is 6.12. The van der Waals surface area contributed by atoms with E-state index >= 15 is 0 Å². The van der Waals surface area contributed by atoms with Crippen molar-refractivity contribution in [1.29, 1.82) is 0 Å². The fraction of sp³-hybridized carbons (Fsp3) is 0.167. The molecule has 0 aliphatic carbocycles. The molecular formula is C36H32N4O4. The first-order valence-electron chi connectivity index (χ1n) is 14.5. The predicted octanol–water partition coefficient (Wildman–Crippen LogP) is 7.59. The highest BCUT2D eigenvalue weighted by Crippen LogP contribution is 2.29. The van der Waals surface area contributed by atoms with Gasteiger partial charge in [0.2, 0.25) is 17.7 Å². The average Bonchev–Trinajstić information content (AvgIpc) is 3.66. The van der Waals surface area contributed by atoms with Crippen molar-refractivity contribution < 1.29 is 18.4 Å². The molecule has 0 bridgehead atoms. The maximum Gasteiger partial charge on any atom is 0.226 e. The highest BCUT2D eigenvalue weighted by atomic mass is 16.5. The molecule has 0 spiro atoms. The highest BCUT2D eigenvalue weighted by Gasteiger charge is 2.20. The van der Waals surface area contributed by atoms with E-state index in [4.69, 9.17) is 13.6 Å². The third kappa shape index (κ3) is 6.76. The third-order valence-corrected chi connectivity index (χ3v) is 7.29. The number of hydrogen-bond donors (Lipinski definition) is 1. The number of aryl methyl sites for hydroxylation is 2. The topological polar surface area (TPSA) is 103 Å². The van der Waals surface area contributed by atoms with Crippen LogP contribution < -0.4 is 10.1 Å². The molecule has 44 heavy (non-hydrogen) atoms. The van der Waals surface area contributed by atoms with Gasteiger partial charge in [0.1, 0.15) is 11.5 Å². The second-order valence-electron chi connectivity index (χ2n) is 10.4. The number of carbonyl (C=O) groups excluding carboxylic acids is 1. The van der Waals surface area contributed by atoms with Crippen LogP contribution in [0.1, 0.15) is 50.8 Å². The molecule has 4 aromatic carbocycles. The number of oxazole rings is 1. The Kier molecular flexibility index (Phi) is 8.59. The minimum atomic E-state index is -0.247. The molecule has 0 aliphatic heterocycles. The van der Waals surface area contributed by atoms with Crippen molar-refractivity contribution in [1.82, 2.24) is 15.2 Å². The lowest BCUT2D eigenvalue weighted by Crippen LogP contribution is -2.16. The van der Waals surface area contributed by atoms with Crippen LogP contribution in [-0.2, 0) is 12.8 Å². The molecule has 1 N–H and O–H groups in total. The predicted molar refractivity (Wildman–Crippen MR) is 168 cm³/mol. The summed E-state index contributed by atoms with van der Waals surface area (Å²) >= 11 is 0. The first-order chi connectivity index (χ1) is 21.5. The van der Waals surface area contributed by atoms with Gasteiger partial charge in [0.25, 0.3) is 0 Å². The van der Waals surface area contributed by atoms with E-state index in [1.165, 1.54) is 0 Å². The molecule has 0 unspecified atom stereocenters. The number of aromatic nitrogens is 3. The summed E-state index contributed by atoms with van der Waals surface area (Å²) in [5.74, 6) is 3.10. The molecule has 6 aromatic rings. The molecule has 2 heterocycles. The second kappa shape index (κ2) is 13.2. The molecule has 6 rings (SSSR count). The van der Waals surface area contributed by atoms with Gasteiger partial charge in [0.15, 0.2) is 5.78 Å². The van der Waals surface area contributed by atoms with E-state index in [-0.39, 0.29) is 11.8 Å². The summed E-state index contributed by atoms with van der Waals surface area (Å²) in [5, 5.41) is 11.8. The van der Waals surface area contributed by atoms with Crippen LogP contribution in [0, 0.1) is 13.8 Å². The summed E-state index contributed by atoms with van der Waals surface area (Å²) in [5.41, 5.74) is 4.75. The van der Waals surface area contributed by atoms with Crippen molar-refractivity contribution in [2.75, 3.05) is 11.9 Å². The number of nitrogens with one attached hydrogen (secondary N) is 1. The van der Waals surface area contributed by atoms with Crippen molar-refractivity contribution in [2.24, 2.45) is 0 Å². The number of hydrogen-bond acceptors (Lipinski definition) is 8. The summed E-state index contributed by atoms with van der Waals surface area (Å²) in [6.07, 6.45) is 1.06. The van der Waals surface area contributed by atoms with E-state index in [9.17, 15) is 4.79 Å². The van der Waals surface area contributed by atoms with Gasteiger partial charge in [-0.2, -0.15) is 0 Å². The van der Waals surface area contributed by atoms with Crippen LogP contribution in [0.4, 0.5) is 5.69 Å². The minimum absolute atomic E-state index is 0.0527. The molecule has 0 fully saturated rings. The number of anilines is 1. The van der Waals surface area contributed by atoms with Crippen molar-refractivity contribution >= 4 is 11.5 Å². The van der Waals surface area contributed by atoms with Crippen LogP contribution in [0.15, 0.2) is 118 Å². The van der Waals surface area contributed by atoms with Gasteiger partial charge < -0.3 is 18.9 Å². The monoisotopic (exact) mass is 584 g/mol. The number of para-hydroxylation sites is 1. The lowest BCUT2D eigenvalue weighted by atomic mass is 9.99. The van der Waals surface area contributed by atoms with E-state index < -0.39 is 0 Å². The van der Waals surface area contributed by atoms with Gasteiger partial charge in [-0.05, 0) is 48.9 Å². The standard InChI is InChI=1S/C36H32N4O4/c1-24-31(38-36(43-24)28-13-7-4-8-14-28)21-22-42-29-19-17-26(18-20-29)33(23-34-40-39-25(2)44-34)37-32-16-10-9-15-30(32)35(41)27-11-5-3-6-12-27/h3-20,33,37H,21-23H2,1-2H3/t33-/m0/s1. The van der Waals surface area contributed by atoms with Gasteiger partial charge in [-0.15, -0.1) is 10.2 Å². The van der Waals surface area contributed by atoms with Crippen molar-refractivity contribution in [3.8, 4) is 17.2 Å². The molecule has 2 aromatic heterocycles. The number of rotatable bonds is 12. The van der Waals surface area contributed by atoms with E-state index in [1.54, 1.807) is 6.92 Å². The smallest absolute Gasteiger partial charge is 0.226 e. The Labute approximate surface area is 255 Å². The second-order valence-corrected chi connectivity index (χ2v) is 10.4. The number of carbonyl (C=O) groups is 1. The van der Waals surface area contributed by atoms with Gasteiger partial charge >= 0.3 is 0 Å². The van der Waals surface area contributed by atoms with Gasteiger partial charge in [0, 0.05) is 35.7 Å². The van der Waals surface area contributed by atoms with Crippen molar-refractivity contribution in [2.45, 2.75) is 32.7 Å². The molecule has 0 amide bonds. The number of ketones is 1. The Bertz CT molecular complexity index is 1830. The Hall–Kier alpha value is -5.50. The van der Waals surface area contributed by atoms with E-state index in [0.29, 0.717) is 48.2 Å². The maximum atomic E-state index is 13.4. The van der Waals surface area contributed by atoms with Gasteiger partial charge in [0.05, 0.1) is 24.8 Å².